The molecular formula is C14H10ClF3N2OS. The number of amides is 1. The van der Waals surface area contributed by atoms with Gasteiger partial charge >= 0.3 is 6.18 Å². The lowest BCUT2D eigenvalue weighted by Gasteiger charge is -2.07. The molecule has 0 bridgehead atoms. The number of nitrogens with zero attached hydrogens (tertiary/aromatic N) is 1. The number of anilines is 1. The minimum Gasteiger partial charge on any atom is -0.325 e. The van der Waals surface area contributed by atoms with Crippen LogP contribution in [0.2, 0.25) is 5.02 Å². The van der Waals surface area contributed by atoms with E-state index >= 15 is 0 Å². The number of nitrogens with one attached hydrogen (secondary N) is 1. The lowest BCUT2D eigenvalue weighted by molar-refractivity contribution is -0.137. The standard InChI is InChI=1S/C14H10ClF3N2OS/c15-10-2-4-11(5-3-10)20-12(21)8-22-13-6-1-9(7-19-13)14(16,17)18/h1-7H,8H2,(H,20,21). The number of rotatable bonds is 4. The highest BCUT2D eigenvalue weighted by Crippen LogP contribution is 2.29. The summed E-state index contributed by atoms with van der Waals surface area (Å²) in [6.45, 7) is 0. The van der Waals surface area contributed by atoms with Gasteiger partial charge < -0.3 is 5.32 Å². The fourth-order valence-electron chi connectivity index (χ4n) is 1.50. The van der Waals surface area contributed by atoms with Crippen molar-refractivity contribution >= 4 is 35.0 Å². The number of hydrogen-bond acceptors (Lipinski definition) is 3. The summed E-state index contributed by atoms with van der Waals surface area (Å²) in [6.07, 6.45) is -3.67. The highest BCUT2D eigenvalue weighted by atomic mass is 35.5. The van der Waals surface area contributed by atoms with Gasteiger partial charge in [-0.05, 0) is 36.4 Å². The van der Waals surface area contributed by atoms with Gasteiger partial charge in [0.2, 0.25) is 5.91 Å². The van der Waals surface area contributed by atoms with Crippen molar-refractivity contribution in [2.45, 2.75) is 11.2 Å². The smallest absolute Gasteiger partial charge is 0.325 e. The van der Waals surface area contributed by atoms with E-state index in [1.807, 2.05) is 0 Å². The number of aromatic nitrogens is 1. The first kappa shape index (κ1) is 16.6. The second-order valence-electron chi connectivity index (χ2n) is 4.23. The number of carbonyl (C=O) groups excluding carboxylic acids is 1. The Balaban J connectivity index is 1.87. The van der Waals surface area contributed by atoms with Crippen LogP contribution in [0.15, 0.2) is 47.6 Å². The van der Waals surface area contributed by atoms with Gasteiger partial charge in [0.15, 0.2) is 0 Å². The van der Waals surface area contributed by atoms with Crippen molar-refractivity contribution in [3.63, 3.8) is 0 Å². The maximum absolute atomic E-state index is 12.4. The Bertz CT molecular complexity index is 645. The Morgan fingerprint density at radius 1 is 1.18 bits per heavy atom. The van der Waals surface area contributed by atoms with E-state index in [0.717, 1.165) is 24.0 Å². The topological polar surface area (TPSA) is 42.0 Å². The molecule has 0 atom stereocenters. The molecule has 116 valence electrons. The number of alkyl halides is 3. The summed E-state index contributed by atoms with van der Waals surface area (Å²) in [5.41, 5.74) is -0.224. The summed E-state index contributed by atoms with van der Waals surface area (Å²) in [7, 11) is 0. The monoisotopic (exact) mass is 346 g/mol. The number of pyridine rings is 1. The summed E-state index contributed by atoms with van der Waals surface area (Å²) < 4.78 is 37.2. The number of benzene rings is 1. The van der Waals surface area contributed by atoms with E-state index in [4.69, 9.17) is 11.6 Å². The molecule has 0 spiro atoms. The summed E-state index contributed by atoms with van der Waals surface area (Å²) in [5, 5.41) is 3.55. The van der Waals surface area contributed by atoms with Crippen molar-refractivity contribution in [2.75, 3.05) is 11.1 Å². The molecule has 0 fully saturated rings. The van der Waals surface area contributed by atoms with Crippen molar-refractivity contribution in [3.05, 3.63) is 53.2 Å². The molecule has 1 aromatic heterocycles. The van der Waals surface area contributed by atoms with E-state index in [1.54, 1.807) is 24.3 Å². The molecule has 2 rings (SSSR count). The molecule has 2 aromatic rings. The SMILES string of the molecule is O=C(CSc1ccc(C(F)(F)F)cn1)Nc1ccc(Cl)cc1. The second kappa shape index (κ2) is 7.02. The molecule has 0 saturated carbocycles. The van der Waals surface area contributed by atoms with E-state index in [0.29, 0.717) is 15.7 Å². The van der Waals surface area contributed by atoms with Gasteiger partial charge in [0, 0.05) is 16.9 Å². The van der Waals surface area contributed by atoms with Crippen molar-refractivity contribution in [2.24, 2.45) is 0 Å². The van der Waals surface area contributed by atoms with Crippen LogP contribution in [-0.2, 0) is 11.0 Å². The number of carbonyl (C=O) groups is 1. The lowest BCUT2D eigenvalue weighted by atomic mass is 10.3. The Morgan fingerprint density at radius 3 is 2.41 bits per heavy atom. The molecule has 1 amide bonds. The number of thioether (sulfide) groups is 1. The number of hydrogen-bond donors (Lipinski definition) is 1. The molecule has 0 aliphatic rings. The molecule has 0 unspecified atom stereocenters. The highest BCUT2D eigenvalue weighted by Gasteiger charge is 2.30. The van der Waals surface area contributed by atoms with Crippen LogP contribution in [0.4, 0.5) is 18.9 Å². The average Bonchev–Trinajstić information content (AvgIpc) is 2.47. The van der Waals surface area contributed by atoms with Crippen LogP contribution >= 0.6 is 23.4 Å². The first-order chi connectivity index (χ1) is 10.3. The van der Waals surface area contributed by atoms with E-state index in [2.05, 4.69) is 10.3 Å². The maximum atomic E-state index is 12.4. The minimum atomic E-state index is -4.41. The normalized spacial score (nSPS) is 11.3. The molecule has 0 saturated heterocycles. The van der Waals surface area contributed by atoms with E-state index in [1.165, 1.54) is 6.07 Å². The average molecular weight is 347 g/mol. The van der Waals surface area contributed by atoms with E-state index in [-0.39, 0.29) is 11.7 Å². The summed E-state index contributed by atoms with van der Waals surface area (Å²) in [5.74, 6) is -0.241. The van der Waals surface area contributed by atoms with Crippen LogP contribution in [0.1, 0.15) is 5.56 Å². The van der Waals surface area contributed by atoms with Crippen LogP contribution in [0.3, 0.4) is 0 Å². The predicted molar refractivity (Wildman–Crippen MR) is 80.0 cm³/mol. The quantitative estimate of drug-likeness (QED) is 0.830. The van der Waals surface area contributed by atoms with Gasteiger partial charge in [0.05, 0.1) is 16.3 Å². The Labute approximate surface area is 133 Å². The van der Waals surface area contributed by atoms with Crippen LogP contribution in [0.5, 0.6) is 0 Å². The molecule has 8 heteroatoms. The first-order valence-corrected chi connectivity index (χ1v) is 7.42. The fourth-order valence-corrected chi connectivity index (χ4v) is 2.27. The lowest BCUT2D eigenvalue weighted by Crippen LogP contribution is -2.14. The fraction of sp³-hybridized carbons (Fsp3) is 0.143. The van der Waals surface area contributed by atoms with Gasteiger partial charge in [-0.1, -0.05) is 23.4 Å². The van der Waals surface area contributed by atoms with Gasteiger partial charge in [-0.15, -0.1) is 0 Å². The summed E-state index contributed by atoms with van der Waals surface area (Å²) in [6, 6.07) is 8.77. The molecule has 0 aliphatic carbocycles. The number of halogens is 4. The van der Waals surface area contributed by atoms with Gasteiger partial charge in [-0.3, -0.25) is 4.79 Å². The van der Waals surface area contributed by atoms with E-state index < -0.39 is 11.7 Å². The minimum absolute atomic E-state index is 0.0426. The summed E-state index contributed by atoms with van der Waals surface area (Å²) >= 11 is 6.78. The van der Waals surface area contributed by atoms with E-state index in [9.17, 15) is 18.0 Å². The third-order valence-electron chi connectivity index (χ3n) is 2.54. The highest BCUT2D eigenvalue weighted by molar-refractivity contribution is 7.99. The van der Waals surface area contributed by atoms with Gasteiger partial charge in [0.1, 0.15) is 0 Å². The third kappa shape index (κ3) is 4.92. The van der Waals surface area contributed by atoms with Gasteiger partial charge in [0.25, 0.3) is 0 Å². The molecule has 1 heterocycles. The van der Waals surface area contributed by atoms with Crippen LogP contribution in [0, 0.1) is 0 Å². The van der Waals surface area contributed by atoms with Crippen molar-refractivity contribution < 1.29 is 18.0 Å². The Morgan fingerprint density at radius 2 is 1.86 bits per heavy atom. The molecule has 1 aromatic carbocycles. The molecule has 22 heavy (non-hydrogen) atoms. The van der Waals surface area contributed by atoms with Crippen molar-refractivity contribution in [1.82, 2.24) is 4.98 Å². The second-order valence-corrected chi connectivity index (χ2v) is 5.66. The Kier molecular flexibility index (Phi) is 5.31. The molecule has 1 N–H and O–H groups in total. The van der Waals surface area contributed by atoms with Crippen molar-refractivity contribution in [3.8, 4) is 0 Å². The maximum Gasteiger partial charge on any atom is 0.417 e. The molecule has 0 radical (unpaired) electrons. The zero-order chi connectivity index (χ0) is 16.2. The molecule has 3 nitrogen and oxygen atoms in total. The predicted octanol–water partition coefficient (Wildman–Crippen LogP) is 4.48. The summed E-state index contributed by atoms with van der Waals surface area (Å²) in [4.78, 5) is 15.4. The third-order valence-corrected chi connectivity index (χ3v) is 3.74. The molecule has 0 aliphatic heterocycles. The first-order valence-electron chi connectivity index (χ1n) is 6.06. The van der Waals surface area contributed by atoms with Crippen molar-refractivity contribution in [1.29, 1.82) is 0 Å². The zero-order valence-corrected chi connectivity index (χ0v) is 12.6. The van der Waals surface area contributed by atoms with Gasteiger partial charge in [-0.2, -0.15) is 13.2 Å². The van der Waals surface area contributed by atoms with Gasteiger partial charge in [-0.25, -0.2) is 4.98 Å². The largest absolute Gasteiger partial charge is 0.417 e. The Hall–Kier alpha value is -1.73. The zero-order valence-electron chi connectivity index (χ0n) is 11.0. The molecular weight excluding hydrogens is 337 g/mol. The van der Waals surface area contributed by atoms with Crippen LogP contribution in [-0.4, -0.2) is 16.6 Å². The van der Waals surface area contributed by atoms with Crippen LogP contribution < -0.4 is 5.32 Å². The van der Waals surface area contributed by atoms with Crippen LogP contribution in [0.25, 0.3) is 0 Å².